The number of hydrogen-bond donors (Lipinski definition) is 1. The van der Waals surface area contributed by atoms with Crippen LogP contribution in [0.5, 0.6) is 0 Å². The van der Waals surface area contributed by atoms with Gasteiger partial charge in [-0.2, -0.15) is 0 Å². The van der Waals surface area contributed by atoms with E-state index in [0.717, 1.165) is 5.56 Å². The molecule has 0 aliphatic carbocycles. The molecule has 0 saturated carbocycles. The summed E-state index contributed by atoms with van der Waals surface area (Å²) in [4.78, 5) is 25.7. The number of amides is 1. The van der Waals surface area contributed by atoms with Crippen molar-refractivity contribution in [3.63, 3.8) is 0 Å². The Hall–Kier alpha value is -2.32. The molecule has 6 saturated heterocycles. The zero-order valence-electron chi connectivity index (χ0n) is 44.1. The average Bonchev–Trinajstić information content (AvgIpc) is 3.29. The van der Waals surface area contributed by atoms with Gasteiger partial charge in [0.15, 0.2) is 37.1 Å². The highest BCUT2D eigenvalue weighted by Crippen LogP contribution is 2.44. The van der Waals surface area contributed by atoms with Gasteiger partial charge in [0.1, 0.15) is 30.5 Å². The first-order valence-corrected chi connectivity index (χ1v) is 25.8. The molecule has 69 heavy (non-hydrogen) atoms. The molecule has 0 spiro atoms. The Bertz CT molecular complexity index is 1820. The molecule has 392 valence electrons. The standard InChI is InChI=1S/C53H85NO15/c1-25-27(3)40(23-57-22-39-20-18-17-19-21-39)64-49(29(25)5)65-43-30(6)34(10)60-50(32(43)8)67-45-28(4)26(2)33(9)61-51(45)66-44-31(7)35(11)62-52(48(44)63-38(14)56)68-47-42(54-37(13)55)36(12)59-41-24-58-53(15,16)69-46(41)47/h17-21,25-36,40-52H,22-24H2,1-16H3,(H,54,55)/t25?,26-,27+,28+,29?,30+,31+,32?,33?,34?,35?,36+,40+,41?,42?,43+,44+,45?,46-,47-,48?,49-,50+,51+,52+/m1/s1. The number of carbonyl (C=O) groups excluding carboxylic acids is 2. The maximum absolute atomic E-state index is 13.1. The van der Waals surface area contributed by atoms with E-state index >= 15 is 0 Å². The highest BCUT2D eigenvalue weighted by molar-refractivity contribution is 5.73. The maximum atomic E-state index is 13.1. The zero-order valence-corrected chi connectivity index (χ0v) is 44.1. The van der Waals surface area contributed by atoms with Gasteiger partial charge in [0.2, 0.25) is 5.91 Å². The number of benzene rings is 1. The lowest BCUT2D eigenvalue weighted by atomic mass is 9.78. The van der Waals surface area contributed by atoms with Crippen LogP contribution in [0.4, 0.5) is 0 Å². The number of rotatable bonds is 14. The average molecular weight is 976 g/mol. The third-order valence-electron chi connectivity index (χ3n) is 16.6. The van der Waals surface area contributed by atoms with Crippen molar-refractivity contribution in [2.75, 3.05) is 13.2 Å². The summed E-state index contributed by atoms with van der Waals surface area (Å²) in [5.74, 6) is -1.41. The molecule has 6 aliphatic heterocycles. The molecule has 6 heterocycles. The second-order valence-corrected chi connectivity index (χ2v) is 21.9. The number of fused-ring (bicyclic) bond motifs is 1. The van der Waals surface area contributed by atoms with E-state index in [2.05, 4.69) is 72.8 Å². The summed E-state index contributed by atoms with van der Waals surface area (Å²) in [5.41, 5.74) is 1.12. The summed E-state index contributed by atoms with van der Waals surface area (Å²) in [6, 6.07) is 9.56. The van der Waals surface area contributed by atoms with Crippen LogP contribution in [0.1, 0.15) is 116 Å². The van der Waals surface area contributed by atoms with Crippen LogP contribution in [-0.4, -0.2) is 135 Å². The van der Waals surface area contributed by atoms with Crippen molar-refractivity contribution >= 4 is 11.9 Å². The first-order valence-electron chi connectivity index (χ1n) is 25.8. The Kier molecular flexibility index (Phi) is 18.0. The Labute approximate surface area is 411 Å². The second-order valence-electron chi connectivity index (χ2n) is 21.9. The smallest absolute Gasteiger partial charge is 0.303 e. The molecule has 10 unspecified atom stereocenters. The van der Waals surface area contributed by atoms with Crippen LogP contribution in [0.2, 0.25) is 0 Å². The van der Waals surface area contributed by atoms with Crippen molar-refractivity contribution in [2.24, 2.45) is 47.3 Å². The van der Waals surface area contributed by atoms with Crippen molar-refractivity contribution in [3.8, 4) is 0 Å². The van der Waals surface area contributed by atoms with Crippen molar-refractivity contribution in [1.82, 2.24) is 5.32 Å². The van der Waals surface area contributed by atoms with Crippen LogP contribution in [0.25, 0.3) is 0 Å². The summed E-state index contributed by atoms with van der Waals surface area (Å²) < 4.78 is 86.3. The van der Waals surface area contributed by atoms with Gasteiger partial charge in [0, 0.05) is 37.5 Å². The molecule has 0 radical (unpaired) electrons. The maximum Gasteiger partial charge on any atom is 0.303 e. The zero-order chi connectivity index (χ0) is 50.2. The Balaban J connectivity index is 1.10. The summed E-state index contributed by atoms with van der Waals surface area (Å²) in [6.45, 7) is 32.9. The van der Waals surface area contributed by atoms with Crippen LogP contribution in [0.15, 0.2) is 30.3 Å². The lowest BCUT2D eigenvalue weighted by Crippen LogP contribution is -2.70. The van der Waals surface area contributed by atoms with Gasteiger partial charge in [-0.05, 0) is 70.8 Å². The molecule has 1 N–H and O–H groups in total. The fourth-order valence-corrected chi connectivity index (χ4v) is 11.2. The number of hydrogen-bond acceptors (Lipinski definition) is 15. The van der Waals surface area contributed by atoms with Crippen molar-refractivity contribution in [1.29, 1.82) is 0 Å². The number of esters is 1. The predicted octanol–water partition coefficient (Wildman–Crippen LogP) is 7.17. The molecule has 25 atom stereocenters. The van der Waals surface area contributed by atoms with E-state index < -0.39 is 91.8 Å². The highest BCUT2D eigenvalue weighted by atomic mass is 16.8. The van der Waals surface area contributed by atoms with E-state index in [9.17, 15) is 9.59 Å². The molecule has 16 nitrogen and oxygen atoms in total. The topological polar surface area (TPSA) is 166 Å². The molecule has 1 aromatic carbocycles. The first kappa shape index (κ1) is 54.5. The predicted molar refractivity (Wildman–Crippen MR) is 253 cm³/mol. The quantitative estimate of drug-likeness (QED) is 0.187. The van der Waals surface area contributed by atoms with Gasteiger partial charge in [-0.3, -0.25) is 9.59 Å². The monoisotopic (exact) mass is 976 g/mol. The molecule has 1 aromatic rings. The van der Waals surface area contributed by atoms with Gasteiger partial charge in [-0.1, -0.05) is 85.7 Å². The molecule has 1 amide bonds. The Morgan fingerprint density at radius 1 is 0.580 bits per heavy atom. The normalized spacial score (nSPS) is 46.9. The van der Waals surface area contributed by atoms with E-state index in [1.54, 1.807) is 0 Å². The third-order valence-corrected chi connectivity index (χ3v) is 16.6. The largest absolute Gasteiger partial charge is 0.454 e. The van der Waals surface area contributed by atoms with Gasteiger partial charge in [0.05, 0.1) is 62.5 Å². The fraction of sp³-hybridized carbons (Fsp3) is 0.849. The lowest BCUT2D eigenvalue weighted by molar-refractivity contribution is -0.388. The minimum atomic E-state index is -1.13. The SMILES string of the molecule is CC(=O)NC1[C@H](C)OC2COC(C)(C)O[C@H]2[C@@H]1O[C@@H]1OC(C)[C@H](C)[C@H](O[C@@H]2OC(C)[C@H](C)[C@H](C)C2O[C@@H]2OC(C)[C@H](C)[C@H](O[C@H]3O[C@@H](COCc4ccccc4)[C@@H](C)C(C)C3C)C2C)C1OC(C)=O. The minimum absolute atomic E-state index is 0.0342. The van der Waals surface area contributed by atoms with Gasteiger partial charge >= 0.3 is 5.97 Å². The summed E-state index contributed by atoms with van der Waals surface area (Å²) in [7, 11) is 0. The van der Waals surface area contributed by atoms with E-state index in [4.69, 9.17) is 61.6 Å². The minimum Gasteiger partial charge on any atom is -0.454 e. The van der Waals surface area contributed by atoms with E-state index in [0.29, 0.717) is 19.1 Å². The van der Waals surface area contributed by atoms with Gasteiger partial charge in [-0.25, -0.2) is 0 Å². The summed E-state index contributed by atoms with van der Waals surface area (Å²) in [5, 5.41) is 3.02. The highest BCUT2D eigenvalue weighted by Gasteiger charge is 2.57. The second kappa shape index (κ2) is 22.8. The molecule has 0 aromatic heterocycles. The van der Waals surface area contributed by atoms with Crippen molar-refractivity contribution in [2.45, 2.75) is 228 Å². The first-order chi connectivity index (χ1) is 32.5. The molecule has 7 rings (SSSR count). The molecular weight excluding hydrogens is 891 g/mol. The van der Waals surface area contributed by atoms with Crippen LogP contribution < -0.4 is 5.32 Å². The van der Waals surface area contributed by atoms with Crippen molar-refractivity contribution < 1.29 is 71.2 Å². The van der Waals surface area contributed by atoms with Gasteiger partial charge in [0.25, 0.3) is 0 Å². The Morgan fingerprint density at radius 2 is 1.14 bits per heavy atom. The number of ether oxygens (including phenoxy) is 13. The van der Waals surface area contributed by atoms with Crippen LogP contribution >= 0.6 is 0 Å². The molecule has 16 heteroatoms. The lowest BCUT2D eigenvalue weighted by Gasteiger charge is -2.53. The van der Waals surface area contributed by atoms with Gasteiger partial charge in [-0.15, -0.1) is 0 Å². The van der Waals surface area contributed by atoms with Crippen molar-refractivity contribution in [3.05, 3.63) is 35.9 Å². The fourth-order valence-electron chi connectivity index (χ4n) is 11.2. The molecule has 0 bridgehead atoms. The van der Waals surface area contributed by atoms with Crippen LogP contribution in [0, 0.1) is 47.3 Å². The van der Waals surface area contributed by atoms with Gasteiger partial charge < -0.3 is 66.9 Å². The number of carbonyl (C=O) groups is 2. The number of nitrogens with one attached hydrogen (secondary N) is 1. The Morgan fingerprint density at radius 3 is 1.80 bits per heavy atom. The summed E-state index contributed by atoms with van der Waals surface area (Å²) in [6.07, 6.45) is -9.17. The summed E-state index contributed by atoms with van der Waals surface area (Å²) >= 11 is 0. The van der Waals surface area contributed by atoms with E-state index in [1.807, 2.05) is 59.7 Å². The van der Waals surface area contributed by atoms with Crippen LogP contribution in [-0.2, 0) is 77.8 Å². The van der Waals surface area contributed by atoms with E-state index in [1.165, 1.54) is 13.8 Å². The third kappa shape index (κ3) is 12.4. The molecule has 6 fully saturated rings. The molecule has 6 aliphatic rings. The molecular formula is C53H85NO15. The van der Waals surface area contributed by atoms with E-state index in [-0.39, 0.29) is 78.4 Å². The van der Waals surface area contributed by atoms with Crippen LogP contribution in [0.3, 0.4) is 0 Å².